The third kappa shape index (κ3) is 6.62. The molecule has 0 fully saturated rings. The van der Waals surface area contributed by atoms with Crippen molar-refractivity contribution in [3.63, 3.8) is 0 Å². The van der Waals surface area contributed by atoms with Gasteiger partial charge in [-0.1, -0.05) is 54.6 Å². The smallest absolute Gasteiger partial charge is 0.267 e. The van der Waals surface area contributed by atoms with Crippen LogP contribution in [0.3, 0.4) is 0 Å². The summed E-state index contributed by atoms with van der Waals surface area (Å²) in [6.07, 6.45) is 4.37. The van der Waals surface area contributed by atoms with Crippen molar-refractivity contribution in [2.75, 3.05) is 7.11 Å². The lowest BCUT2D eigenvalue weighted by molar-refractivity contribution is -0.124. The molecule has 3 aromatic rings. The molecule has 2 amide bonds. The minimum Gasteiger partial charge on any atom is -0.497 e. The third-order valence-corrected chi connectivity index (χ3v) is 4.81. The highest BCUT2D eigenvalue weighted by Gasteiger charge is 2.16. The molecule has 0 unspecified atom stereocenters. The molecule has 0 spiro atoms. The van der Waals surface area contributed by atoms with Gasteiger partial charge in [-0.3, -0.25) is 14.8 Å². The molecule has 33 heavy (non-hydrogen) atoms. The number of benzene rings is 3. The molecule has 7 heteroatoms. The maximum absolute atomic E-state index is 14.5. The predicted octanol–water partition coefficient (Wildman–Crippen LogP) is 4.21. The first-order valence-corrected chi connectivity index (χ1v) is 10.1. The summed E-state index contributed by atoms with van der Waals surface area (Å²) in [5.41, 5.74) is 4.23. The zero-order chi connectivity index (χ0) is 23.6. The summed E-state index contributed by atoms with van der Waals surface area (Å²) in [5.74, 6) is -0.857. The van der Waals surface area contributed by atoms with Crippen LogP contribution in [0.15, 0.2) is 78.9 Å². The number of ether oxygens (including phenoxy) is 1. The first-order valence-electron chi connectivity index (χ1n) is 10.1. The van der Waals surface area contributed by atoms with Gasteiger partial charge >= 0.3 is 0 Å². The Bertz CT molecular complexity index is 1170. The van der Waals surface area contributed by atoms with E-state index in [4.69, 9.17) is 9.94 Å². The van der Waals surface area contributed by atoms with Gasteiger partial charge in [-0.05, 0) is 47.0 Å². The number of halogens is 1. The monoisotopic (exact) mass is 446 g/mol. The van der Waals surface area contributed by atoms with Crippen LogP contribution in [0, 0.1) is 5.82 Å². The van der Waals surface area contributed by atoms with E-state index in [-0.39, 0.29) is 17.7 Å². The standard InChI is InChI=1S/C26H23FN2O4/c1-33-21-13-10-19(11-14-21)16-23(22-4-2-3-5-24(22)27)26(31)28-17-20-8-6-18(7-9-20)12-15-25(30)29-32/h2-16,32H,17H2,1H3,(H,28,31)(H,29,30)/b15-12+,23-16?. The van der Waals surface area contributed by atoms with Crippen molar-refractivity contribution >= 4 is 29.5 Å². The lowest BCUT2D eigenvalue weighted by Gasteiger charge is -2.11. The molecule has 0 saturated carbocycles. The van der Waals surface area contributed by atoms with Crippen molar-refractivity contribution in [3.05, 3.63) is 107 Å². The largest absolute Gasteiger partial charge is 0.497 e. The van der Waals surface area contributed by atoms with E-state index in [1.807, 2.05) is 0 Å². The van der Waals surface area contributed by atoms with Crippen LogP contribution < -0.4 is 15.5 Å². The van der Waals surface area contributed by atoms with E-state index >= 15 is 0 Å². The number of amides is 2. The Balaban J connectivity index is 1.78. The Morgan fingerprint density at radius 2 is 1.64 bits per heavy atom. The van der Waals surface area contributed by atoms with Gasteiger partial charge in [0.15, 0.2) is 0 Å². The molecule has 0 bridgehead atoms. The zero-order valence-corrected chi connectivity index (χ0v) is 17.9. The summed E-state index contributed by atoms with van der Waals surface area (Å²) >= 11 is 0. The van der Waals surface area contributed by atoms with Crippen LogP contribution in [0.25, 0.3) is 17.7 Å². The average Bonchev–Trinajstić information content (AvgIpc) is 2.86. The van der Waals surface area contributed by atoms with Gasteiger partial charge in [0.05, 0.1) is 12.7 Å². The van der Waals surface area contributed by atoms with Gasteiger partial charge in [-0.15, -0.1) is 0 Å². The lowest BCUT2D eigenvalue weighted by atomic mass is 10.0. The number of hydrogen-bond donors (Lipinski definition) is 3. The van der Waals surface area contributed by atoms with E-state index < -0.39 is 17.6 Å². The molecule has 0 radical (unpaired) electrons. The van der Waals surface area contributed by atoms with Gasteiger partial charge < -0.3 is 10.1 Å². The van der Waals surface area contributed by atoms with Gasteiger partial charge in [-0.25, -0.2) is 9.87 Å². The third-order valence-electron chi connectivity index (χ3n) is 4.81. The number of nitrogens with one attached hydrogen (secondary N) is 2. The number of methoxy groups -OCH3 is 1. The van der Waals surface area contributed by atoms with E-state index in [9.17, 15) is 14.0 Å². The van der Waals surface area contributed by atoms with Crippen molar-refractivity contribution < 1.29 is 23.9 Å². The van der Waals surface area contributed by atoms with Crippen LogP contribution in [0.1, 0.15) is 22.3 Å². The fraction of sp³-hybridized carbons (Fsp3) is 0.0769. The normalized spacial score (nSPS) is 11.3. The second-order valence-electron chi connectivity index (χ2n) is 7.04. The van der Waals surface area contributed by atoms with Crippen molar-refractivity contribution in [1.29, 1.82) is 0 Å². The Kier molecular flexibility index (Phi) is 8.10. The minimum atomic E-state index is -0.629. The van der Waals surface area contributed by atoms with Crippen molar-refractivity contribution in [1.82, 2.24) is 10.8 Å². The van der Waals surface area contributed by atoms with E-state index in [2.05, 4.69) is 5.32 Å². The first kappa shape index (κ1) is 23.4. The Labute approximate surface area is 191 Å². The van der Waals surface area contributed by atoms with E-state index in [0.717, 1.165) is 16.7 Å². The number of carbonyl (C=O) groups is 2. The summed E-state index contributed by atoms with van der Waals surface area (Å²) < 4.78 is 19.7. The van der Waals surface area contributed by atoms with Crippen LogP contribution in [-0.2, 0) is 16.1 Å². The van der Waals surface area contributed by atoms with Gasteiger partial charge in [0.1, 0.15) is 11.6 Å². The molecule has 0 aliphatic rings. The molecular weight excluding hydrogens is 423 g/mol. The molecule has 0 atom stereocenters. The van der Waals surface area contributed by atoms with Crippen LogP contribution in [-0.4, -0.2) is 24.1 Å². The lowest BCUT2D eigenvalue weighted by Crippen LogP contribution is -2.24. The minimum absolute atomic E-state index is 0.202. The summed E-state index contributed by atoms with van der Waals surface area (Å²) in [6, 6.07) is 20.4. The van der Waals surface area contributed by atoms with E-state index in [1.54, 1.807) is 86.0 Å². The molecular formula is C26H23FN2O4. The Hall–Kier alpha value is -4.23. The molecule has 0 aromatic heterocycles. The van der Waals surface area contributed by atoms with Crippen LogP contribution >= 0.6 is 0 Å². The average molecular weight is 446 g/mol. The maximum Gasteiger partial charge on any atom is 0.267 e. The van der Waals surface area contributed by atoms with Crippen molar-refractivity contribution in [3.8, 4) is 5.75 Å². The van der Waals surface area contributed by atoms with E-state index in [0.29, 0.717) is 5.75 Å². The fourth-order valence-corrected chi connectivity index (χ4v) is 3.05. The Morgan fingerprint density at radius 1 is 0.970 bits per heavy atom. The fourth-order valence-electron chi connectivity index (χ4n) is 3.05. The molecule has 168 valence electrons. The second kappa shape index (κ2) is 11.4. The highest BCUT2D eigenvalue weighted by Crippen LogP contribution is 2.23. The van der Waals surface area contributed by atoms with Gasteiger partial charge in [0.25, 0.3) is 11.8 Å². The van der Waals surface area contributed by atoms with Crippen LogP contribution in [0.4, 0.5) is 4.39 Å². The zero-order valence-electron chi connectivity index (χ0n) is 17.9. The van der Waals surface area contributed by atoms with Gasteiger partial charge in [0, 0.05) is 18.2 Å². The second-order valence-corrected chi connectivity index (χ2v) is 7.04. The maximum atomic E-state index is 14.5. The van der Waals surface area contributed by atoms with Crippen molar-refractivity contribution in [2.24, 2.45) is 0 Å². The first-order chi connectivity index (χ1) is 16.0. The summed E-state index contributed by atoms with van der Waals surface area (Å²) in [4.78, 5) is 24.1. The number of hydroxylamine groups is 1. The van der Waals surface area contributed by atoms with Gasteiger partial charge in [-0.2, -0.15) is 0 Å². The molecule has 0 aliphatic heterocycles. The molecule has 3 rings (SSSR count). The SMILES string of the molecule is COc1ccc(C=C(C(=O)NCc2ccc(/C=C/C(=O)NO)cc2)c2ccccc2F)cc1. The highest BCUT2D eigenvalue weighted by atomic mass is 19.1. The molecule has 3 aromatic carbocycles. The molecule has 0 saturated heterocycles. The number of rotatable bonds is 8. The molecule has 0 heterocycles. The van der Waals surface area contributed by atoms with Crippen LogP contribution in [0.5, 0.6) is 5.75 Å². The van der Waals surface area contributed by atoms with Gasteiger partial charge in [0.2, 0.25) is 0 Å². The highest BCUT2D eigenvalue weighted by molar-refractivity contribution is 6.24. The molecule has 6 nitrogen and oxygen atoms in total. The number of hydrogen-bond acceptors (Lipinski definition) is 4. The summed E-state index contributed by atoms with van der Waals surface area (Å²) in [5, 5.41) is 11.3. The summed E-state index contributed by atoms with van der Waals surface area (Å²) in [6.45, 7) is 0.231. The molecule has 0 aliphatic carbocycles. The molecule has 3 N–H and O–H groups in total. The van der Waals surface area contributed by atoms with Crippen molar-refractivity contribution in [2.45, 2.75) is 6.54 Å². The number of carbonyl (C=O) groups excluding carboxylic acids is 2. The topological polar surface area (TPSA) is 87.7 Å². The Morgan fingerprint density at radius 3 is 2.27 bits per heavy atom. The van der Waals surface area contributed by atoms with Crippen LogP contribution in [0.2, 0.25) is 0 Å². The predicted molar refractivity (Wildman–Crippen MR) is 125 cm³/mol. The summed E-state index contributed by atoms with van der Waals surface area (Å²) in [7, 11) is 1.57. The quantitative estimate of drug-likeness (QED) is 0.209. The van der Waals surface area contributed by atoms with E-state index in [1.165, 1.54) is 17.6 Å².